The number of methoxy groups -OCH3 is 1. The third-order valence-corrected chi connectivity index (χ3v) is 5.36. The number of nitrogens with one attached hydrogen (secondary N) is 1. The van der Waals surface area contributed by atoms with Gasteiger partial charge in [-0.25, -0.2) is 4.79 Å². The van der Waals surface area contributed by atoms with Crippen LogP contribution in [-0.2, 0) is 11.3 Å². The number of hydrogen-bond donors (Lipinski definition) is 1. The molecule has 1 aromatic carbocycles. The zero-order valence-electron chi connectivity index (χ0n) is 16.9. The lowest BCUT2D eigenvalue weighted by molar-refractivity contribution is 0.0602. The molecule has 2 aromatic heterocycles. The standard InChI is InChI=1S/C21H22N2O5S/c1-11-6-7-17(12(2)8-11)27-10-16-14(4)28-23-18(16)19(24)22-20-15(21(25)26-5)9-13(3)29-20/h6-9H,10H2,1-5H3,(H,22,24). The van der Waals surface area contributed by atoms with E-state index in [-0.39, 0.29) is 12.3 Å². The van der Waals surface area contributed by atoms with Crippen molar-refractivity contribution in [2.75, 3.05) is 12.4 Å². The average Bonchev–Trinajstić information content (AvgIpc) is 3.22. The monoisotopic (exact) mass is 414 g/mol. The Hall–Kier alpha value is -3.13. The number of carbonyl (C=O) groups excluding carboxylic acids is 2. The van der Waals surface area contributed by atoms with E-state index in [0.717, 1.165) is 21.8 Å². The Kier molecular flexibility index (Phi) is 6.03. The zero-order valence-corrected chi connectivity index (χ0v) is 17.7. The van der Waals surface area contributed by atoms with Gasteiger partial charge in [0.15, 0.2) is 5.69 Å². The molecule has 3 rings (SSSR count). The summed E-state index contributed by atoms with van der Waals surface area (Å²) in [6.45, 7) is 7.67. The maximum absolute atomic E-state index is 12.8. The van der Waals surface area contributed by atoms with E-state index in [0.29, 0.717) is 21.9 Å². The number of rotatable bonds is 6. The van der Waals surface area contributed by atoms with Crippen molar-refractivity contribution in [3.8, 4) is 5.75 Å². The molecule has 0 spiro atoms. The first-order valence-corrected chi connectivity index (χ1v) is 9.77. The number of thiophene rings is 1. The maximum atomic E-state index is 12.8. The molecule has 0 unspecified atom stereocenters. The third-order valence-electron chi connectivity index (χ3n) is 4.39. The SMILES string of the molecule is COC(=O)c1cc(C)sc1NC(=O)c1noc(C)c1COc1ccc(C)cc1C. The summed E-state index contributed by atoms with van der Waals surface area (Å²) in [5.41, 5.74) is 3.12. The van der Waals surface area contributed by atoms with Crippen LogP contribution in [0.5, 0.6) is 5.75 Å². The molecular weight excluding hydrogens is 392 g/mol. The molecule has 29 heavy (non-hydrogen) atoms. The minimum atomic E-state index is -0.514. The van der Waals surface area contributed by atoms with Gasteiger partial charge in [0.05, 0.1) is 18.2 Å². The van der Waals surface area contributed by atoms with Crippen LogP contribution in [0.25, 0.3) is 0 Å². The summed E-state index contributed by atoms with van der Waals surface area (Å²) in [6, 6.07) is 7.55. The van der Waals surface area contributed by atoms with Gasteiger partial charge in [0.1, 0.15) is 23.1 Å². The summed E-state index contributed by atoms with van der Waals surface area (Å²) >= 11 is 1.28. The molecule has 0 aliphatic heterocycles. The van der Waals surface area contributed by atoms with Gasteiger partial charge in [-0.15, -0.1) is 11.3 Å². The normalized spacial score (nSPS) is 10.7. The first-order valence-electron chi connectivity index (χ1n) is 8.95. The van der Waals surface area contributed by atoms with Crippen LogP contribution in [0.1, 0.15) is 48.2 Å². The van der Waals surface area contributed by atoms with Gasteiger partial charge >= 0.3 is 5.97 Å². The van der Waals surface area contributed by atoms with Crippen LogP contribution in [0, 0.1) is 27.7 Å². The lowest BCUT2D eigenvalue weighted by atomic mass is 10.1. The molecule has 0 saturated carbocycles. The summed E-state index contributed by atoms with van der Waals surface area (Å²) in [6.07, 6.45) is 0. The first-order chi connectivity index (χ1) is 13.8. The number of nitrogens with zero attached hydrogens (tertiary/aromatic N) is 1. The Bertz CT molecular complexity index is 1070. The number of hydrogen-bond acceptors (Lipinski definition) is 7. The summed E-state index contributed by atoms with van der Waals surface area (Å²) in [5, 5.41) is 7.02. The van der Waals surface area contributed by atoms with E-state index in [2.05, 4.69) is 10.5 Å². The Balaban J connectivity index is 1.80. The highest BCUT2D eigenvalue weighted by Crippen LogP contribution is 2.29. The van der Waals surface area contributed by atoms with Crippen LogP contribution in [0.2, 0.25) is 0 Å². The summed E-state index contributed by atoms with van der Waals surface area (Å²) in [7, 11) is 1.30. The molecule has 0 bridgehead atoms. The van der Waals surface area contributed by atoms with Crippen molar-refractivity contribution in [3.63, 3.8) is 0 Å². The Morgan fingerprint density at radius 2 is 1.93 bits per heavy atom. The van der Waals surface area contributed by atoms with Gasteiger partial charge in [0.2, 0.25) is 0 Å². The molecule has 0 radical (unpaired) electrons. The molecule has 1 N–H and O–H groups in total. The fourth-order valence-electron chi connectivity index (χ4n) is 2.88. The molecule has 8 heteroatoms. The zero-order chi connectivity index (χ0) is 21.1. The number of esters is 1. The number of ether oxygens (including phenoxy) is 2. The van der Waals surface area contributed by atoms with E-state index in [4.69, 9.17) is 14.0 Å². The van der Waals surface area contributed by atoms with E-state index in [1.54, 1.807) is 13.0 Å². The van der Waals surface area contributed by atoms with Crippen LogP contribution >= 0.6 is 11.3 Å². The minimum absolute atomic E-state index is 0.120. The van der Waals surface area contributed by atoms with Crippen molar-refractivity contribution in [1.82, 2.24) is 5.16 Å². The number of carbonyl (C=O) groups is 2. The first kappa shape index (κ1) is 20.6. The Morgan fingerprint density at radius 1 is 1.17 bits per heavy atom. The van der Waals surface area contributed by atoms with E-state index in [1.807, 2.05) is 39.0 Å². The van der Waals surface area contributed by atoms with Crippen LogP contribution in [0.15, 0.2) is 28.8 Å². The minimum Gasteiger partial charge on any atom is -0.488 e. The number of aromatic nitrogens is 1. The van der Waals surface area contributed by atoms with E-state index in [1.165, 1.54) is 18.4 Å². The van der Waals surface area contributed by atoms with Gasteiger partial charge in [-0.05, 0) is 45.4 Å². The molecule has 3 aromatic rings. The summed E-state index contributed by atoms with van der Waals surface area (Å²) in [5.74, 6) is 0.229. The highest BCUT2D eigenvalue weighted by atomic mass is 32.1. The summed E-state index contributed by atoms with van der Waals surface area (Å²) in [4.78, 5) is 25.6. The van der Waals surface area contributed by atoms with Crippen molar-refractivity contribution in [3.05, 3.63) is 62.9 Å². The van der Waals surface area contributed by atoms with Crippen LogP contribution < -0.4 is 10.1 Å². The molecule has 0 saturated heterocycles. The number of anilines is 1. The van der Waals surface area contributed by atoms with Crippen LogP contribution in [-0.4, -0.2) is 24.1 Å². The highest BCUT2D eigenvalue weighted by Gasteiger charge is 2.24. The fraction of sp³-hybridized carbons (Fsp3) is 0.286. The second kappa shape index (κ2) is 8.48. The van der Waals surface area contributed by atoms with Gasteiger partial charge in [-0.2, -0.15) is 0 Å². The van der Waals surface area contributed by atoms with Gasteiger partial charge < -0.3 is 19.3 Å². The van der Waals surface area contributed by atoms with Crippen LogP contribution in [0.4, 0.5) is 5.00 Å². The molecule has 0 aliphatic rings. The predicted octanol–water partition coefficient (Wildman–Crippen LogP) is 4.59. The maximum Gasteiger partial charge on any atom is 0.340 e. The van der Waals surface area contributed by atoms with Gasteiger partial charge in [-0.3, -0.25) is 4.79 Å². The van der Waals surface area contributed by atoms with Crippen LogP contribution in [0.3, 0.4) is 0 Å². The molecule has 0 aliphatic carbocycles. The van der Waals surface area contributed by atoms with Gasteiger partial charge in [0, 0.05) is 4.88 Å². The Labute approximate surface area is 172 Å². The third kappa shape index (κ3) is 4.48. The smallest absolute Gasteiger partial charge is 0.340 e. The molecule has 1 amide bonds. The lowest BCUT2D eigenvalue weighted by Gasteiger charge is -2.10. The van der Waals surface area contributed by atoms with Crippen molar-refractivity contribution in [2.24, 2.45) is 0 Å². The van der Waals surface area contributed by atoms with Gasteiger partial charge in [-0.1, -0.05) is 22.9 Å². The quantitative estimate of drug-likeness (QED) is 0.594. The molecule has 0 atom stereocenters. The second-order valence-electron chi connectivity index (χ2n) is 6.67. The second-order valence-corrected chi connectivity index (χ2v) is 7.93. The summed E-state index contributed by atoms with van der Waals surface area (Å²) < 4.78 is 15.9. The van der Waals surface area contributed by atoms with Gasteiger partial charge in [0.25, 0.3) is 5.91 Å². The van der Waals surface area contributed by atoms with Crippen molar-refractivity contribution in [2.45, 2.75) is 34.3 Å². The molecule has 2 heterocycles. The van der Waals surface area contributed by atoms with Crippen molar-refractivity contribution in [1.29, 1.82) is 0 Å². The molecule has 152 valence electrons. The Morgan fingerprint density at radius 3 is 2.62 bits per heavy atom. The number of aryl methyl sites for hydroxylation is 4. The largest absolute Gasteiger partial charge is 0.488 e. The van der Waals surface area contributed by atoms with Crippen molar-refractivity contribution < 1.29 is 23.6 Å². The molecular formula is C21H22N2O5S. The topological polar surface area (TPSA) is 90.7 Å². The highest BCUT2D eigenvalue weighted by molar-refractivity contribution is 7.16. The predicted molar refractivity (Wildman–Crippen MR) is 110 cm³/mol. The fourth-order valence-corrected chi connectivity index (χ4v) is 3.78. The van der Waals surface area contributed by atoms with Crippen molar-refractivity contribution >= 4 is 28.2 Å². The van der Waals surface area contributed by atoms with E-state index < -0.39 is 11.9 Å². The number of benzene rings is 1. The lowest BCUT2D eigenvalue weighted by Crippen LogP contribution is -2.16. The molecule has 7 nitrogen and oxygen atoms in total. The van der Waals surface area contributed by atoms with E-state index >= 15 is 0 Å². The average molecular weight is 414 g/mol. The molecule has 0 fully saturated rings. The van der Waals surface area contributed by atoms with E-state index in [9.17, 15) is 9.59 Å². The number of amides is 1.